The Labute approximate surface area is 153 Å². The third kappa shape index (κ3) is 4.30. The molecule has 0 aliphatic carbocycles. The molecule has 1 N–H and O–H groups in total. The quantitative estimate of drug-likeness (QED) is 0.711. The van der Waals surface area contributed by atoms with Crippen molar-refractivity contribution in [2.24, 2.45) is 0 Å². The van der Waals surface area contributed by atoms with Gasteiger partial charge in [-0.3, -0.25) is 4.79 Å². The zero-order valence-corrected chi connectivity index (χ0v) is 15.1. The van der Waals surface area contributed by atoms with E-state index in [2.05, 4.69) is 10.3 Å². The lowest BCUT2D eigenvalue weighted by atomic mass is 10.1. The predicted octanol–water partition coefficient (Wildman–Crippen LogP) is 3.44. The highest BCUT2D eigenvalue weighted by atomic mass is 16.5. The van der Waals surface area contributed by atoms with Crippen LogP contribution in [0.3, 0.4) is 0 Å². The smallest absolute Gasteiger partial charge is 0.220 e. The number of hydrogen-bond donors (Lipinski definition) is 1. The highest BCUT2D eigenvalue weighted by molar-refractivity contribution is 5.76. The van der Waals surface area contributed by atoms with Gasteiger partial charge in [-0.1, -0.05) is 30.3 Å². The monoisotopic (exact) mass is 349 g/mol. The number of amides is 1. The predicted molar refractivity (Wildman–Crippen MR) is 101 cm³/mol. The van der Waals surface area contributed by atoms with Gasteiger partial charge < -0.3 is 14.6 Å². The molecule has 1 amide bonds. The molecule has 5 heteroatoms. The number of nitrogens with zero attached hydrogens (tertiary/aromatic N) is 2. The van der Waals surface area contributed by atoms with E-state index in [1.165, 1.54) is 0 Å². The number of imidazole rings is 1. The first kappa shape index (κ1) is 17.7. The van der Waals surface area contributed by atoms with Crippen molar-refractivity contribution in [1.82, 2.24) is 14.9 Å². The van der Waals surface area contributed by atoms with Crippen molar-refractivity contribution < 1.29 is 9.53 Å². The second-order valence-electron chi connectivity index (χ2n) is 6.10. The number of carbonyl (C=O) groups is 1. The average molecular weight is 349 g/mol. The molecule has 0 unspecified atom stereocenters. The van der Waals surface area contributed by atoms with Crippen molar-refractivity contribution in [3.05, 3.63) is 77.9 Å². The van der Waals surface area contributed by atoms with Gasteiger partial charge in [0.05, 0.1) is 12.8 Å². The van der Waals surface area contributed by atoms with Crippen LogP contribution in [0.15, 0.2) is 60.9 Å². The molecule has 0 bridgehead atoms. The summed E-state index contributed by atoms with van der Waals surface area (Å²) in [5.41, 5.74) is 3.22. The number of ether oxygens (including phenoxy) is 1. The largest absolute Gasteiger partial charge is 0.497 e. The van der Waals surface area contributed by atoms with E-state index < -0.39 is 0 Å². The van der Waals surface area contributed by atoms with Crippen molar-refractivity contribution in [3.63, 3.8) is 0 Å². The molecular formula is C21H23N3O2. The van der Waals surface area contributed by atoms with E-state index in [0.29, 0.717) is 19.4 Å². The van der Waals surface area contributed by atoms with Crippen LogP contribution in [0.25, 0.3) is 5.69 Å². The van der Waals surface area contributed by atoms with Crippen molar-refractivity contribution in [3.8, 4) is 11.4 Å². The van der Waals surface area contributed by atoms with Crippen LogP contribution in [0.5, 0.6) is 5.75 Å². The standard InChI is InChI=1S/C21H23N3O2/c1-16-22-13-14-24(16)20-6-4-3-5-18(20)15-23-21(25)12-9-17-7-10-19(26-2)11-8-17/h3-8,10-11,13-14H,9,12,15H2,1-2H3,(H,23,25). The Hall–Kier alpha value is -3.08. The van der Waals surface area contributed by atoms with Gasteiger partial charge in [0.25, 0.3) is 0 Å². The molecule has 3 aromatic rings. The third-order valence-corrected chi connectivity index (χ3v) is 4.35. The van der Waals surface area contributed by atoms with Gasteiger partial charge in [0, 0.05) is 25.4 Å². The van der Waals surface area contributed by atoms with Gasteiger partial charge in [-0.25, -0.2) is 4.98 Å². The minimum Gasteiger partial charge on any atom is -0.497 e. The normalized spacial score (nSPS) is 10.5. The Bertz CT molecular complexity index is 869. The lowest BCUT2D eigenvalue weighted by Gasteiger charge is -2.12. The van der Waals surface area contributed by atoms with Crippen LogP contribution in [0, 0.1) is 6.92 Å². The summed E-state index contributed by atoms with van der Waals surface area (Å²) in [5.74, 6) is 1.78. The minimum atomic E-state index is 0.0398. The number of rotatable bonds is 7. The van der Waals surface area contributed by atoms with Crippen LogP contribution >= 0.6 is 0 Å². The van der Waals surface area contributed by atoms with E-state index in [0.717, 1.165) is 28.4 Å². The molecule has 26 heavy (non-hydrogen) atoms. The molecule has 0 radical (unpaired) electrons. The van der Waals surface area contributed by atoms with Crippen molar-refractivity contribution in [1.29, 1.82) is 0 Å². The number of carbonyl (C=O) groups excluding carboxylic acids is 1. The van der Waals surface area contributed by atoms with E-state index in [1.54, 1.807) is 13.3 Å². The first-order valence-electron chi connectivity index (χ1n) is 8.65. The summed E-state index contributed by atoms with van der Waals surface area (Å²) in [6.45, 7) is 2.46. The number of nitrogens with one attached hydrogen (secondary N) is 1. The molecule has 0 saturated carbocycles. The molecule has 1 heterocycles. The van der Waals surface area contributed by atoms with Gasteiger partial charge in [0.2, 0.25) is 5.91 Å². The highest BCUT2D eigenvalue weighted by Gasteiger charge is 2.08. The van der Waals surface area contributed by atoms with Crippen LogP contribution in [-0.2, 0) is 17.8 Å². The number of methoxy groups -OCH3 is 1. The van der Waals surface area contributed by atoms with Crippen LogP contribution in [0.2, 0.25) is 0 Å². The molecule has 0 atom stereocenters. The van der Waals surface area contributed by atoms with Gasteiger partial charge in [0.1, 0.15) is 11.6 Å². The SMILES string of the molecule is COc1ccc(CCC(=O)NCc2ccccc2-n2ccnc2C)cc1. The fourth-order valence-corrected chi connectivity index (χ4v) is 2.86. The molecule has 0 fully saturated rings. The second kappa shape index (κ2) is 8.34. The van der Waals surface area contributed by atoms with Gasteiger partial charge in [-0.15, -0.1) is 0 Å². The zero-order chi connectivity index (χ0) is 18.4. The fourth-order valence-electron chi connectivity index (χ4n) is 2.86. The number of para-hydroxylation sites is 1. The van der Waals surface area contributed by atoms with Crippen LogP contribution in [0.4, 0.5) is 0 Å². The average Bonchev–Trinajstić information content (AvgIpc) is 3.11. The van der Waals surface area contributed by atoms with Gasteiger partial charge in [-0.2, -0.15) is 0 Å². The topological polar surface area (TPSA) is 56.1 Å². The summed E-state index contributed by atoms with van der Waals surface area (Å²) in [7, 11) is 1.64. The van der Waals surface area contributed by atoms with Crippen LogP contribution < -0.4 is 10.1 Å². The Morgan fingerprint density at radius 2 is 1.92 bits per heavy atom. The zero-order valence-electron chi connectivity index (χ0n) is 15.1. The summed E-state index contributed by atoms with van der Waals surface area (Å²) < 4.78 is 7.17. The molecule has 5 nitrogen and oxygen atoms in total. The van der Waals surface area contributed by atoms with Crippen LogP contribution in [-0.4, -0.2) is 22.6 Å². The number of aryl methyl sites for hydroxylation is 2. The Kier molecular flexibility index (Phi) is 5.69. The highest BCUT2D eigenvalue weighted by Crippen LogP contribution is 2.16. The van der Waals surface area contributed by atoms with E-state index in [9.17, 15) is 4.79 Å². The summed E-state index contributed by atoms with van der Waals surface area (Å²) in [5, 5.41) is 3.02. The Morgan fingerprint density at radius 3 is 2.62 bits per heavy atom. The van der Waals surface area contributed by atoms with Crippen molar-refractivity contribution in [2.75, 3.05) is 7.11 Å². The van der Waals surface area contributed by atoms with Crippen LogP contribution in [0.1, 0.15) is 23.4 Å². The van der Waals surface area contributed by atoms with Gasteiger partial charge >= 0.3 is 0 Å². The summed E-state index contributed by atoms with van der Waals surface area (Å²) in [4.78, 5) is 16.5. The number of hydrogen-bond acceptors (Lipinski definition) is 3. The summed E-state index contributed by atoms with van der Waals surface area (Å²) in [6.07, 6.45) is 4.87. The molecule has 0 aliphatic rings. The summed E-state index contributed by atoms with van der Waals surface area (Å²) >= 11 is 0. The maximum absolute atomic E-state index is 12.2. The van der Waals surface area contributed by atoms with E-state index in [-0.39, 0.29) is 5.91 Å². The van der Waals surface area contributed by atoms with Gasteiger partial charge in [0.15, 0.2) is 0 Å². The molecule has 3 rings (SSSR count). The Balaban J connectivity index is 1.57. The van der Waals surface area contributed by atoms with Crippen molar-refractivity contribution >= 4 is 5.91 Å². The molecule has 2 aromatic carbocycles. The lowest BCUT2D eigenvalue weighted by Crippen LogP contribution is -2.23. The summed E-state index contributed by atoms with van der Waals surface area (Å²) in [6, 6.07) is 15.8. The molecule has 0 spiro atoms. The maximum Gasteiger partial charge on any atom is 0.220 e. The van der Waals surface area contributed by atoms with E-state index in [4.69, 9.17) is 4.74 Å². The fraction of sp³-hybridized carbons (Fsp3) is 0.238. The Morgan fingerprint density at radius 1 is 1.15 bits per heavy atom. The van der Waals surface area contributed by atoms with Crippen molar-refractivity contribution in [2.45, 2.75) is 26.3 Å². The first-order chi connectivity index (χ1) is 12.7. The number of aromatic nitrogens is 2. The number of benzene rings is 2. The van der Waals surface area contributed by atoms with E-state index >= 15 is 0 Å². The molecule has 0 aliphatic heterocycles. The molecule has 0 saturated heterocycles. The molecule has 1 aromatic heterocycles. The second-order valence-corrected chi connectivity index (χ2v) is 6.10. The first-order valence-corrected chi connectivity index (χ1v) is 8.65. The maximum atomic E-state index is 12.2. The molecule has 134 valence electrons. The molecular weight excluding hydrogens is 326 g/mol. The third-order valence-electron chi connectivity index (χ3n) is 4.35. The van der Waals surface area contributed by atoms with Gasteiger partial charge in [-0.05, 0) is 42.7 Å². The van der Waals surface area contributed by atoms with E-state index in [1.807, 2.05) is 66.2 Å². The minimum absolute atomic E-state index is 0.0398. The lowest BCUT2D eigenvalue weighted by molar-refractivity contribution is -0.121.